The molecular formula is C18H18N2O. The first kappa shape index (κ1) is 14.7. The smallest absolute Gasteiger partial charge is 0.201 e. The van der Waals surface area contributed by atoms with Crippen LogP contribution in [-0.2, 0) is 4.79 Å². The predicted molar refractivity (Wildman–Crippen MR) is 88.4 cm³/mol. The second-order valence-corrected chi connectivity index (χ2v) is 4.65. The number of hydrazone groups is 1. The Bertz CT molecular complexity index is 645. The molecule has 0 amide bonds. The maximum Gasteiger partial charge on any atom is 0.201 e. The van der Waals surface area contributed by atoms with E-state index in [1.165, 1.54) is 0 Å². The molecule has 106 valence electrons. The largest absolute Gasteiger partial charge is 0.288 e. The van der Waals surface area contributed by atoms with Crippen LogP contribution in [0.2, 0.25) is 0 Å². The summed E-state index contributed by atoms with van der Waals surface area (Å²) in [6.45, 7) is 1.72. The molecule has 2 aromatic rings. The summed E-state index contributed by atoms with van der Waals surface area (Å²) in [6.07, 6.45) is 3.34. The molecule has 0 fully saturated rings. The minimum absolute atomic E-state index is 0.0957. The number of rotatable bonds is 5. The third kappa shape index (κ3) is 4.42. The van der Waals surface area contributed by atoms with Crippen LogP contribution in [0.25, 0.3) is 6.08 Å². The molecule has 0 heterocycles. The standard InChI is InChI=1S/C18H18N2O/c1-15(19-20(2)17-11-7-4-8-12-17)18(21)14-13-16-9-5-3-6-10-16/h3-14H,1-2H3/b14-13+,19-15+. The monoisotopic (exact) mass is 278 g/mol. The van der Waals surface area contributed by atoms with Gasteiger partial charge in [0.25, 0.3) is 0 Å². The van der Waals surface area contributed by atoms with Crippen molar-refractivity contribution in [1.82, 2.24) is 0 Å². The third-order valence-corrected chi connectivity index (χ3v) is 3.01. The fraction of sp³-hybridized carbons (Fsp3) is 0.111. The summed E-state index contributed by atoms with van der Waals surface area (Å²) in [7, 11) is 1.83. The van der Waals surface area contributed by atoms with E-state index in [0.29, 0.717) is 5.71 Å². The molecular weight excluding hydrogens is 260 g/mol. The molecule has 3 nitrogen and oxygen atoms in total. The summed E-state index contributed by atoms with van der Waals surface area (Å²) >= 11 is 0. The molecule has 0 saturated carbocycles. The average molecular weight is 278 g/mol. The minimum Gasteiger partial charge on any atom is -0.288 e. The SMILES string of the molecule is C/C(=N\N(C)c1ccccc1)C(=O)/C=C/c1ccccc1. The van der Waals surface area contributed by atoms with Crippen LogP contribution in [0.4, 0.5) is 5.69 Å². The van der Waals surface area contributed by atoms with Crippen LogP contribution in [0.1, 0.15) is 12.5 Å². The lowest BCUT2D eigenvalue weighted by molar-refractivity contribution is -0.108. The van der Waals surface area contributed by atoms with E-state index in [0.717, 1.165) is 11.3 Å². The molecule has 0 N–H and O–H groups in total. The summed E-state index contributed by atoms with van der Waals surface area (Å²) in [6, 6.07) is 19.4. The zero-order chi connectivity index (χ0) is 15.1. The summed E-state index contributed by atoms with van der Waals surface area (Å²) in [5, 5.41) is 6.01. The maximum atomic E-state index is 12.0. The first-order valence-electron chi connectivity index (χ1n) is 6.78. The summed E-state index contributed by atoms with van der Waals surface area (Å²) < 4.78 is 0. The molecule has 0 aliphatic carbocycles. The molecule has 0 saturated heterocycles. The summed E-state index contributed by atoms with van der Waals surface area (Å²) in [5.41, 5.74) is 2.39. The zero-order valence-corrected chi connectivity index (χ0v) is 12.2. The van der Waals surface area contributed by atoms with Crippen LogP contribution >= 0.6 is 0 Å². The Morgan fingerprint density at radius 1 is 1.00 bits per heavy atom. The van der Waals surface area contributed by atoms with Crippen molar-refractivity contribution in [2.24, 2.45) is 5.10 Å². The lowest BCUT2D eigenvalue weighted by Gasteiger charge is -2.13. The van der Waals surface area contributed by atoms with Crippen molar-refractivity contribution in [3.8, 4) is 0 Å². The van der Waals surface area contributed by atoms with Crippen LogP contribution < -0.4 is 5.01 Å². The van der Waals surface area contributed by atoms with Crippen molar-refractivity contribution in [3.05, 3.63) is 72.3 Å². The van der Waals surface area contributed by atoms with Crippen LogP contribution in [0, 0.1) is 0 Å². The number of carbonyl (C=O) groups is 1. The summed E-state index contributed by atoms with van der Waals surface area (Å²) in [4.78, 5) is 12.0. The minimum atomic E-state index is -0.0957. The van der Waals surface area contributed by atoms with Crippen molar-refractivity contribution >= 4 is 23.3 Å². The van der Waals surface area contributed by atoms with E-state index in [4.69, 9.17) is 0 Å². The number of carbonyl (C=O) groups excluding carboxylic acids is 1. The number of anilines is 1. The highest BCUT2D eigenvalue weighted by atomic mass is 16.1. The van der Waals surface area contributed by atoms with Crippen LogP contribution in [-0.4, -0.2) is 18.5 Å². The topological polar surface area (TPSA) is 32.7 Å². The molecule has 2 rings (SSSR count). The number of ketones is 1. The van der Waals surface area contributed by atoms with Gasteiger partial charge in [0.15, 0.2) is 0 Å². The number of nitrogens with zero attached hydrogens (tertiary/aromatic N) is 2. The molecule has 0 aliphatic rings. The number of hydrogen-bond donors (Lipinski definition) is 0. The molecule has 0 atom stereocenters. The fourth-order valence-electron chi connectivity index (χ4n) is 1.83. The number of para-hydroxylation sites is 1. The average Bonchev–Trinajstić information content (AvgIpc) is 2.54. The molecule has 3 heteroatoms. The highest BCUT2D eigenvalue weighted by Gasteiger charge is 2.04. The van der Waals surface area contributed by atoms with E-state index in [2.05, 4.69) is 5.10 Å². The van der Waals surface area contributed by atoms with Gasteiger partial charge < -0.3 is 0 Å². The van der Waals surface area contributed by atoms with Crippen LogP contribution in [0.3, 0.4) is 0 Å². The molecule has 2 aromatic carbocycles. The zero-order valence-electron chi connectivity index (χ0n) is 12.2. The highest BCUT2D eigenvalue weighted by Crippen LogP contribution is 2.11. The number of hydrogen-bond acceptors (Lipinski definition) is 3. The molecule has 0 spiro atoms. The molecule has 0 unspecified atom stereocenters. The van der Waals surface area contributed by atoms with E-state index in [9.17, 15) is 4.79 Å². The number of benzene rings is 2. The van der Waals surface area contributed by atoms with Crippen LogP contribution in [0.5, 0.6) is 0 Å². The molecule has 0 bridgehead atoms. The maximum absolute atomic E-state index is 12.0. The Labute approximate surface area is 125 Å². The summed E-state index contributed by atoms with van der Waals surface area (Å²) in [5.74, 6) is -0.0957. The van der Waals surface area contributed by atoms with Gasteiger partial charge in [0.1, 0.15) is 5.71 Å². The molecule has 0 radical (unpaired) electrons. The van der Waals surface area contributed by atoms with E-state index in [1.54, 1.807) is 24.1 Å². The van der Waals surface area contributed by atoms with Gasteiger partial charge >= 0.3 is 0 Å². The Morgan fingerprint density at radius 3 is 2.19 bits per heavy atom. The van der Waals surface area contributed by atoms with Gasteiger partial charge in [0.05, 0.1) is 5.69 Å². The van der Waals surface area contributed by atoms with E-state index < -0.39 is 0 Å². The Balaban J connectivity index is 2.05. The Morgan fingerprint density at radius 2 is 1.57 bits per heavy atom. The van der Waals surface area contributed by atoms with Gasteiger partial charge in [-0.3, -0.25) is 9.80 Å². The fourth-order valence-corrected chi connectivity index (χ4v) is 1.83. The van der Waals surface area contributed by atoms with Crippen molar-refractivity contribution < 1.29 is 4.79 Å². The lowest BCUT2D eigenvalue weighted by atomic mass is 10.2. The van der Waals surface area contributed by atoms with E-state index in [-0.39, 0.29) is 5.78 Å². The Hall–Kier alpha value is -2.68. The van der Waals surface area contributed by atoms with E-state index >= 15 is 0 Å². The second-order valence-electron chi connectivity index (χ2n) is 4.65. The van der Waals surface area contributed by atoms with Gasteiger partial charge in [-0.25, -0.2) is 0 Å². The molecule has 0 aromatic heterocycles. The van der Waals surface area contributed by atoms with Crippen molar-refractivity contribution in [2.45, 2.75) is 6.92 Å². The number of allylic oxidation sites excluding steroid dienone is 1. The lowest BCUT2D eigenvalue weighted by Crippen LogP contribution is -2.16. The van der Waals surface area contributed by atoms with Crippen molar-refractivity contribution in [1.29, 1.82) is 0 Å². The first-order valence-corrected chi connectivity index (χ1v) is 6.78. The molecule has 21 heavy (non-hydrogen) atoms. The van der Waals surface area contributed by atoms with Crippen LogP contribution in [0.15, 0.2) is 71.8 Å². The first-order chi connectivity index (χ1) is 10.2. The van der Waals surface area contributed by atoms with Gasteiger partial charge in [-0.2, -0.15) is 5.10 Å². The Kier molecular flexibility index (Phi) is 5.04. The normalized spacial score (nSPS) is 11.6. The van der Waals surface area contributed by atoms with Gasteiger partial charge in [-0.1, -0.05) is 54.6 Å². The molecule has 0 aliphatic heterocycles. The second kappa shape index (κ2) is 7.20. The predicted octanol–water partition coefficient (Wildman–Crippen LogP) is 3.78. The highest BCUT2D eigenvalue weighted by molar-refractivity contribution is 6.43. The van der Waals surface area contributed by atoms with Gasteiger partial charge in [-0.05, 0) is 30.7 Å². The third-order valence-electron chi connectivity index (χ3n) is 3.01. The van der Waals surface area contributed by atoms with Gasteiger partial charge in [0, 0.05) is 7.05 Å². The van der Waals surface area contributed by atoms with Gasteiger partial charge in [0.2, 0.25) is 5.78 Å². The van der Waals surface area contributed by atoms with Crippen molar-refractivity contribution in [3.63, 3.8) is 0 Å². The van der Waals surface area contributed by atoms with E-state index in [1.807, 2.05) is 67.7 Å². The van der Waals surface area contributed by atoms with Gasteiger partial charge in [-0.15, -0.1) is 0 Å². The van der Waals surface area contributed by atoms with Crippen molar-refractivity contribution in [2.75, 3.05) is 12.1 Å². The quantitative estimate of drug-likeness (QED) is 0.473.